The Morgan fingerprint density at radius 1 is 0.861 bits per heavy atom. The standard InChI is InChI=1S/C21H26N2O13/c1-6-31-20(29)13-7-23(21(30)22-18(13)28)19-17(35-12(5)27)16(34-11(4)26)15(33-10(3)25)14(36-19)8-32-9(2)24/h7,14-17,19H,6,8H2,1-5H3,(H,22,28,30)/t14-,15+,16+,17-,19-/m1/s1. The van der Waals surface area contributed by atoms with Gasteiger partial charge in [0.25, 0.3) is 5.56 Å². The molecule has 1 aromatic rings. The molecule has 1 aliphatic heterocycles. The zero-order valence-corrected chi connectivity index (χ0v) is 20.1. The second-order valence-corrected chi connectivity index (χ2v) is 7.52. The molecule has 1 aliphatic rings. The van der Waals surface area contributed by atoms with Gasteiger partial charge in [-0.15, -0.1) is 0 Å². The monoisotopic (exact) mass is 514 g/mol. The van der Waals surface area contributed by atoms with Crippen LogP contribution in [0.3, 0.4) is 0 Å². The van der Waals surface area contributed by atoms with Gasteiger partial charge in [-0.05, 0) is 6.92 Å². The van der Waals surface area contributed by atoms with Crippen LogP contribution in [0.4, 0.5) is 0 Å². The molecule has 198 valence electrons. The van der Waals surface area contributed by atoms with Gasteiger partial charge >= 0.3 is 35.5 Å². The third-order valence-electron chi connectivity index (χ3n) is 4.70. The minimum Gasteiger partial charge on any atom is -0.463 e. The summed E-state index contributed by atoms with van der Waals surface area (Å²) >= 11 is 0. The summed E-state index contributed by atoms with van der Waals surface area (Å²) in [4.78, 5) is 86.1. The molecule has 1 fully saturated rings. The SMILES string of the molecule is CCOC(=O)c1cn([C@@H]2O[C@H](COC(C)=O)[C@H](OC(C)=O)[C@H](OC(C)=O)[C@H]2OC(C)=O)c(=O)[nH]c1=O. The van der Waals surface area contributed by atoms with E-state index in [0.717, 1.165) is 33.9 Å². The van der Waals surface area contributed by atoms with E-state index >= 15 is 0 Å². The maximum Gasteiger partial charge on any atom is 0.345 e. The van der Waals surface area contributed by atoms with Crippen LogP contribution in [0, 0.1) is 0 Å². The normalized spacial score (nSPS) is 23.2. The second-order valence-electron chi connectivity index (χ2n) is 7.52. The minimum atomic E-state index is -1.65. The van der Waals surface area contributed by atoms with Gasteiger partial charge in [0.15, 0.2) is 24.5 Å². The molecule has 15 nitrogen and oxygen atoms in total. The number of carbonyl (C=O) groups is 5. The lowest BCUT2D eigenvalue weighted by Gasteiger charge is -2.44. The van der Waals surface area contributed by atoms with Crippen molar-refractivity contribution in [1.82, 2.24) is 9.55 Å². The summed E-state index contributed by atoms with van der Waals surface area (Å²) in [5.41, 5.74) is -2.72. The first-order chi connectivity index (χ1) is 16.8. The van der Waals surface area contributed by atoms with Crippen LogP contribution in [-0.2, 0) is 47.6 Å². The topological polar surface area (TPSA) is 196 Å². The van der Waals surface area contributed by atoms with E-state index in [-0.39, 0.29) is 6.61 Å². The summed E-state index contributed by atoms with van der Waals surface area (Å²) < 4.78 is 32.2. The Bertz CT molecular complexity index is 1140. The zero-order chi connectivity index (χ0) is 27.2. The molecule has 0 aromatic carbocycles. The lowest BCUT2D eigenvalue weighted by atomic mass is 9.97. The van der Waals surface area contributed by atoms with Gasteiger partial charge < -0.3 is 28.4 Å². The number of hydrogen-bond donors (Lipinski definition) is 1. The van der Waals surface area contributed by atoms with Crippen LogP contribution in [-0.4, -0.2) is 77.0 Å². The van der Waals surface area contributed by atoms with Crippen LogP contribution in [0.15, 0.2) is 15.8 Å². The highest BCUT2D eigenvalue weighted by atomic mass is 16.7. The average Bonchev–Trinajstić information content (AvgIpc) is 2.74. The smallest absolute Gasteiger partial charge is 0.345 e. The summed E-state index contributed by atoms with van der Waals surface area (Å²) in [6.07, 6.45) is -6.80. The van der Waals surface area contributed by atoms with E-state index in [4.69, 9.17) is 28.4 Å². The Kier molecular flexibility index (Phi) is 9.49. The van der Waals surface area contributed by atoms with Gasteiger partial charge in [-0.2, -0.15) is 0 Å². The fourth-order valence-electron chi connectivity index (χ4n) is 3.46. The van der Waals surface area contributed by atoms with E-state index < -0.39 is 83.9 Å². The first-order valence-corrected chi connectivity index (χ1v) is 10.7. The van der Waals surface area contributed by atoms with E-state index in [9.17, 15) is 33.6 Å². The molecule has 2 heterocycles. The largest absolute Gasteiger partial charge is 0.463 e. The van der Waals surface area contributed by atoms with E-state index in [1.54, 1.807) is 0 Å². The van der Waals surface area contributed by atoms with Gasteiger partial charge in [0, 0.05) is 33.9 Å². The van der Waals surface area contributed by atoms with Crippen molar-refractivity contribution in [1.29, 1.82) is 0 Å². The van der Waals surface area contributed by atoms with Crippen molar-refractivity contribution in [3.8, 4) is 0 Å². The minimum absolute atomic E-state index is 0.0730. The van der Waals surface area contributed by atoms with E-state index in [2.05, 4.69) is 0 Å². The summed E-state index contributed by atoms with van der Waals surface area (Å²) in [5.74, 6) is -4.39. The van der Waals surface area contributed by atoms with E-state index in [0.29, 0.717) is 4.57 Å². The third kappa shape index (κ3) is 7.00. The highest BCUT2D eigenvalue weighted by molar-refractivity contribution is 5.88. The molecule has 0 amide bonds. The summed E-state index contributed by atoms with van der Waals surface area (Å²) in [7, 11) is 0. The fourth-order valence-corrected chi connectivity index (χ4v) is 3.46. The maximum absolute atomic E-state index is 12.7. The van der Waals surface area contributed by atoms with Crippen LogP contribution < -0.4 is 11.2 Å². The van der Waals surface area contributed by atoms with Crippen LogP contribution in [0.1, 0.15) is 51.2 Å². The van der Waals surface area contributed by atoms with Crippen LogP contribution in [0.5, 0.6) is 0 Å². The number of carbonyl (C=O) groups excluding carboxylic acids is 5. The number of ether oxygens (including phenoxy) is 6. The van der Waals surface area contributed by atoms with Gasteiger partial charge in [-0.3, -0.25) is 33.5 Å². The van der Waals surface area contributed by atoms with Crippen LogP contribution >= 0.6 is 0 Å². The molecule has 0 radical (unpaired) electrons. The third-order valence-corrected chi connectivity index (χ3v) is 4.70. The average molecular weight is 514 g/mol. The maximum atomic E-state index is 12.7. The molecule has 0 spiro atoms. The highest BCUT2D eigenvalue weighted by Gasteiger charge is 2.53. The number of aromatic amines is 1. The van der Waals surface area contributed by atoms with Gasteiger partial charge in [0.1, 0.15) is 18.3 Å². The molecule has 1 saturated heterocycles. The molecule has 5 atom stereocenters. The summed E-state index contributed by atoms with van der Waals surface area (Å²) in [6.45, 7) is 5.11. The van der Waals surface area contributed by atoms with Crippen LogP contribution in [0.25, 0.3) is 0 Å². The summed E-state index contributed by atoms with van der Waals surface area (Å²) in [6, 6.07) is 0. The first-order valence-electron chi connectivity index (χ1n) is 10.7. The van der Waals surface area contributed by atoms with Crippen molar-refractivity contribution in [2.45, 2.75) is 65.3 Å². The Morgan fingerprint density at radius 3 is 1.94 bits per heavy atom. The second kappa shape index (κ2) is 12.1. The van der Waals surface area contributed by atoms with Gasteiger partial charge in [-0.1, -0.05) is 0 Å². The predicted octanol–water partition coefficient (Wildman–Crippen LogP) is -1.03. The van der Waals surface area contributed by atoms with Crippen LogP contribution in [0.2, 0.25) is 0 Å². The molecule has 1 N–H and O–H groups in total. The molecule has 2 rings (SSSR count). The Labute approximate surface area is 203 Å². The Morgan fingerprint density at radius 2 is 1.42 bits per heavy atom. The van der Waals surface area contributed by atoms with Crippen molar-refractivity contribution in [2.24, 2.45) is 0 Å². The number of H-pyrrole nitrogens is 1. The van der Waals surface area contributed by atoms with Crippen molar-refractivity contribution in [3.05, 3.63) is 32.6 Å². The number of rotatable bonds is 8. The molecule has 0 bridgehead atoms. The predicted molar refractivity (Wildman–Crippen MR) is 114 cm³/mol. The number of hydrogen-bond acceptors (Lipinski definition) is 13. The number of nitrogens with one attached hydrogen (secondary N) is 1. The zero-order valence-electron chi connectivity index (χ0n) is 20.1. The molecule has 0 saturated carbocycles. The molecule has 36 heavy (non-hydrogen) atoms. The fraction of sp³-hybridized carbons (Fsp3) is 0.571. The lowest BCUT2D eigenvalue weighted by Crippen LogP contribution is -2.61. The molecule has 1 aromatic heterocycles. The number of aromatic nitrogens is 2. The molecular weight excluding hydrogens is 488 g/mol. The van der Waals surface area contributed by atoms with E-state index in [1.165, 1.54) is 6.92 Å². The molecule has 0 aliphatic carbocycles. The first kappa shape index (κ1) is 28.2. The Balaban J connectivity index is 2.72. The lowest BCUT2D eigenvalue weighted by molar-refractivity contribution is -0.269. The van der Waals surface area contributed by atoms with Crippen molar-refractivity contribution < 1.29 is 52.4 Å². The van der Waals surface area contributed by atoms with Gasteiger partial charge in [-0.25, -0.2) is 9.59 Å². The van der Waals surface area contributed by atoms with Gasteiger partial charge in [0.05, 0.1) is 6.61 Å². The molecule has 15 heteroatoms. The summed E-state index contributed by atoms with van der Waals surface area (Å²) in [5, 5.41) is 0. The number of esters is 5. The quantitative estimate of drug-likeness (QED) is 0.327. The van der Waals surface area contributed by atoms with Crippen molar-refractivity contribution in [2.75, 3.05) is 13.2 Å². The van der Waals surface area contributed by atoms with Crippen molar-refractivity contribution in [3.63, 3.8) is 0 Å². The van der Waals surface area contributed by atoms with E-state index in [1.807, 2.05) is 4.98 Å². The molecular formula is C21H26N2O13. The van der Waals surface area contributed by atoms with Gasteiger partial charge in [0.2, 0.25) is 0 Å². The molecule has 0 unspecified atom stereocenters. The number of nitrogens with zero attached hydrogens (tertiary/aromatic N) is 1. The Hall–Kier alpha value is -4.01. The highest BCUT2D eigenvalue weighted by Crippen LogP contribution is 2.34. The van der Waals surface area contributed by atoms with Crippen molar-refractivity contribution >= 4 is 29.8 Å².